The monoisotopic (exact) mass is 298 g/mol. The van der Waals surface area contributed by atoms with Crippen molar-refractivity contribution in [3.63, 3.8) is 0 Å². The first kappa shape index (κ1) is 13.7. The van der Waals surface area contributed by atoms with Crippen molar-refractivity contribution in [2.24, 2.45) is 0 Å². The first-order valence-corrected chi connectivity index (χ1v) is 9.86. The van der Waals surface area contributed by atoms with Crippen LogP contribution in [0, 0.1) is 0 Å². The number of alkyl halides is 1. The number of carbonyl (C=O) groups excluding carboxylic acids is 1. The standard InChI is InChI=1S/C13H19BrOSi/c1-16(2,12-8-4-3-5-9-12)13(15)10-6-7-11-14/h3-5,8-9H,6-7,10-11H2,1-2H3. The molecular formula is C13H19BrOSi. The normalized spacial score (nSPS) is 11.4. The van der Waals surface area contributed by atoms with Gasteiger partial charge in [-0.2, -0.15) is 0 Å². The minimum atomic E-state index is -1.89. The number of carbonyl (C=O) groups is 1. The number of hydrogen-bond acceptors (Lipinski definition) is 1. The zero-order chi connectivity index (χ0) is 12.0. The van der Waals surface area contributed by atoms with Gasteiger partial charge in [0.05, 0.1) is 0 Å². The van der Waals surface area contributed by atoms with E-state index in [2.05, 4.69) is 41.2 Å². The smallest absolute Gasteiger partial charge is 0.157 e. The largest absolute Gasteiger partial charge is 0.305 e. The Kier molecular flexibility index (Phi) is 5.42. The average molecular weight is 299 g/mol. The van der Waals surface area contributed by atoms with Crippen molar-refractivity contribution in [2.75, 3.05) is 5.33 Å². The van der Waals surface area contributed by atoms with Crippen molar-refractivity contribution in [1.29, 1.82) is 0 Å². The zero-order valence-corrected chi connectivity index (χ0v) is 12.6. The van der Waals surface area contributed by atoms with Crippen LogP contribution in [0.5, 0.6) is 0 Å². The van der Waals surface area contributed by atoms with E-state index in [0.29, 0.717) is 5.41 Å². The van der Waals surface area contributed by atoms with E-state index < -0.39 is 8.07 Å². The fourth-order valence-corrected chi connectivity index (χ4v) is 4.25. The zero-order valence-electron chi connectivity index (χ0n) is 10.0. The summed E-state index contributed by atoms with van der Waals surface area (Å²) in [7, 11) is -1.89. The molecule has 1 rings (SSSR count). The fourth-order valence-electron chi connectivity index (χ4n) is 1.71. The van der Waals surface area contributed by atoms with Gasteiger partial charge in [0.1, 0.15) is 5.41 Å². The maximum Gasteiger partial charge on any atom is 0.157 e. The van der Waals surface area contributed by atoms with Crippen LogP contribution in [-0.4, -0.2) is 18.8 Å². The van der Waals surface area contributed by atoms with Gasteiger partial charge in [-0.1, -0.05) is 64.5 Å². The van der Waals surface area contributed by atoms with Crippen molar-refractivity contribution >= 4 is 34.6 Å². The van der Waals surface area contributed by atoms with Crippen LogP contribution in [-0.2, 0) is 4.79 Å². The maximum absolute atomic E-state index is 12.2. The Balaban J connectivity index is 2.66. The minimum absolute atomic E-state index is 0.472. The summed E-state index contributed by atoms with van der Waals surface area (Å²) in [5.41, 5.74) is 0. The Morgan fingerprint density at radius 1 is 1.19 bits per heavy atom. The van der Waals surface area contributed by atoms with Gasteiger partial charge in [-0.15, -0.1) is 0 Å². The van der Waals surface area contributed by atoms with E-state index in [9.17, 15) is 4.79 Å². The number of benzene rings is 1. The van der Waals surface area contributed by atoms with Crippen LogP contribution in [0.1, 0.15) is 19.3 Å². The quantitative estimate of drug-likeness (QED) is 0.447. The number of rotatable bonds is 6. The summed E-state index contributed by atoms with van der Waals surface area (Å²) in [5.74, 6) is 0. The number of hydrogen-bond donors (Lipinski definition) is 0. The third-order valence-corrected chi connectivity index (χ3v) is 6.96. The summed E-state index contributed by atoms with van der Waals surface area (Å²) in [6.45, 7) is 4.30. The summed E-state index contributed by atoms with van der Waals surface area (Å²) in [5, 5.41) is 2.71. The predicted octanol–water partition coefficient (Wildman–Crippen LogP) is 3.28. The lowest BCUT2D eigenvalue weighted by molar-refractivity contribution is -0.112. The lowest BCUT2D eigenvalue weighted by Crippen LogP contribution is -2.49. The van der Waals surface area contributed by atoms with E-state index >= 15 is 0 Å². The third-order valence-electron chi connectivity index (χ3n) is 2.98. The van der Waals surface area contributed by atoms with Gasteiger partial charge in [0, 0.05) is 11.8 Å². The molecule has 0 unspecified atom stereocenters. The Hall–Kier alpha value is -0.413. The summed E-state index contributed by atoms with van der Waals surface area (Å²) >= 11 is 3.39. The molecule has 0 spiro atoms. The Labute approximate surface area is 107 Å². The highest BCUT2D eigenvalue weighted by molar-refractivity contribution is 9.09. The van der Waals surface area contributed by atoms with Gasteiger partial charge >= 0.3 is 0 Å². The van der Waals surface area contributed by atoms with Crippen LogP contribution in [0.25, 0.3) is 0 Å². The van der Waals surface area contributed by atoms with Gasteiger partial charge in [0.25, 0.3) is 0 Å². The van der Waals surface area contributed by atoms with Crippen molar-refractivity contribution < 1.29 is 4.79 Å². The maximum atomic E-state index is 12.2. The van der Waals surface area contributed by atoms with Crippen LogP contribution >= 0.6 is 15.9 Å². The van der Waals surface area contributed by atoms with Crippen molar-refractivity contribution in [3.8, 4) is 0 Å². The number of unbranched alkanes of at least 4 members (excludes halogenated alkanes) is 1. The Morgan fingerprint density at radius 2 is 1.81 bits per heavy atom. The van der Waals surface area contributed by atoms with Crippen LogP contribution in [0.2, 0.25) is 13.1 Å². The number of halogens is 1. The summed E-state index contributed by atoms with van der Waals surface area (Å²) in [6.07, 6.45) is 2.83. The van der Waals surface area contributed by atoms with Gasteiger partial charge in [-0.05, 0) is 12.8 Å². The topological polar surface area (TPSA) is 17.1 Å². The molecule has 0 aliphatic rings. The average Bonchev–Trinajstić information content (AvgIpc) is 2.30. The molecule has 1 aromatic rings. The summed E-state index contributed by atoms with van der Waals surface area (Å²) in [4.78, 5) is 12.2. The Morgan fingerprint density at radius 3 is 2.38 bits per heavy atom. The minimum Gasteiger partial charge on any atom is -0.305 e. The van der Waals surface area contributed by atoms with Crippen LogP contribution in [0.3, 0.4) is 0 Å². The lowest BCUT2D eigenvalue weighted by Gasteiger charge is -2.21. The Bertz CT molecular complexity index is 335. The SMILES string of the molecule is C[Si](C)(C(=O)CCCCBr)c1ccccc1. The molecule has 16 heavy (non-hydrogen) atoms. The molecule has 1 aromatic carbocycles. The van der Waals surface area contributed by atoms with Crippen molar-refractivity contribution in [2.45, 2.75) is 32.4 Å². The molecular weight excluding hydrogens is 280 g/mol. The van der Waals surface area contributed by atoms with E-state index in [1.54, 1.807) is 0 Å². The van der Waals surface area contributed by atoms with Gasteiger partial charge in [-0.25, -0.2) is 0 Å². The van der Waals surface area contributed by atoms with E-state index in [1.165, 1.54) is 5.19 Å². The fraction of sp³-hybridized carbons (Fsp3) is 0.462. The molecule has 0 atom stereocenters. The molecule has 1 nitrogen and oxygen atoms in total. The molecule has 0 aliphatic heterocycles. The molecule has 88 valence electrons. The first-order chi connectivity index (χ1) is 7.59. The molecule has 0 fully saturated rings. The molecule has 0 radical (unpaired) electrons. The van der Waals surface area contributed by atoms with Crippen LogP contribution in [0.4, 0.5) is 0 Å². The second-order valence-corrected chi connectivity index (χ2v) is 9.74. The first-order valence-electron chi connectivity index (χ1n) is 5.74. The molecule has 0 saturated heterocycles. The van der Waals surface area contributed by atoms with Crippen LogP contribution in [0.15, 0.2) is 30.3 Å². The van der Waals surface area contributed by atoms with E-state index in [4.69, 9.17) is 0 Å². The molecule has 3 heteroatoms. The second-order valence-electron chi connectivity index (χ2n) is 4.56. The second kappa shape index (κ2) is 6.35. The summed E-state index contributed by atoms with van der Waals surface area (Å²) in [6, 6.07) is 10.2. The van der Waals surface area contributed by atoms with Gasteiger partial charge in [0.2, 0.25) is 0 Å². The van der Waals surface area contributed by atoms with Crippen molar-refractivity contribution in [1.82, 2.24) is 0 Å². The molecule has 0 bridgehead atoms. The lowest BCUT2D eigenvalue weighted by atomic mass is 10.3. The molecule has 0 amide bonds. The third kappa shape index (κ3) is 3.56. The van der Waals surface area contributed by atoms with Gasteiger partial charge in [0.15, 0.2) is 8.07 Å². The highest BCUT2D eigenvalue weighted by Crippen LogP contribution is 2.10. The van der Waals surface area contributed by atoms with E-state index in [1.807, 2.05) is 18.2 Å². The van der Waals surface area contributed by atoms with Crippen LogP contribution < -0.4 is 5.19 Å². The molecule has 0 aliphatic carbocycles. The highest BCUT2D eigenvalue weighted by Gasteiger charge is 2.31. The predicted molar refractivity (Wildman–Crippen MR) is 76.2 cm³/mol. The summed E-state index contributed by atoms with van der Waals surface area (Å²) < 4.78 is 0. The molecule has 0 saturated carbocycles. The van der Waals surface area contributed by atoms with Gasteiger partial charge in [-0.3, -0.25) is 0 Å². The molecule has 0 aromatic heterocycles. The van der Waals surface area contributed by atoms with Gasteiger partial charge < -0.3 is 4.79 Å². The highest BCUT2D eigenvalue weighted by atomic mass is 79.9. The van der Waals surface area contributed by atoms with E-state index in [0.717, 1.165) is 24.6 Å². The van der Waals surface area contributed by atoms with E-state index in [-0.39, 0.29) is 0 Å². The molecule has 0 heterocycles. The van der Waals surface area contributed by atoms with Crippen molar-refractivity contribution in [3.05, 3.63) is 30.3 Å². The molecule has 0 N–H and O–H groups in total.